The molecule has 0 unspecified atom stereocenters. The van der Waals surface area contributed by atoms with Gasteiger partial charge in [0.25, 0.3) is 0 Å². The molecule has 0 saturated carbocycles. The molecule has 0 aliphatic rings. The van der Waals surface area contributed by atoms with Crippen molar-refractivity contribution in [3.05, 3.63) is 182 Å². The third-order valence-corrected chi connectivity index (χ3v) is 9.82. The van der Waals surface area contributed by atoms with Gasteiger partial charge >= 0.3 is 0 Å². The van der Waals surface area contributed by atoms with E-state index in [9.17, 15) is 0 Å². The van der Waals surface area contributed by atoms with Crippen LogP contribution in [0.2, 0.25) is 0 Å². The molecule has 4 heteroatoms. The standard InChI is InChI=1S/C46H30N4/c1-4-13-31(14-5-1)34-19-12-20-37(25-34)49-42-22-11-10-21-38(42)40-27-41-39-24-23-35(32-15-6-2-7-16-32)26-43(39)50(45(41)28-44(40)49)46-47-29-36(30-48-46)33-17-8-3-9-18-33/h1-30H. The van der Waals surface area contributed by atoms with E-state index in [1.54, 1.807) is 0 Å². The van der Waals surface area contributed by atoms with E-state index in [0.717, 1.165) is 38.9 Å². The highest BCUT2D eigenvalue weighted by Gasteiger charge is 2.20. The number of hydrogen-bond acceptors (Lipinski definition) is 2. The SMILES string of the molecule is c1ccc(-c2cnc(-n3c4cc(-c5ccccc5)ccc4c4cc5c6ccccc6n(-c6cccc(-c7ccccc7)c6)c5cc43)nc2)cc1. The van der Waals surface area contributed by atoms with E-state index in [1.165, 1.54) is 43.8 Å². The first kappa shape index (κ1) is 28.3. The van der Waals surface area contributed by atoms with Crippen molar-refractivity contribution in [2.45, 2.75) is 0 Å². The van der Waals surface area contributed by atoms with E-state index in [2.05, 4.69) is 161 Å². The molecule has 0 aliphatic heterocycles. The highest BCUT2D eigenvalue weighted by molar-refractivity contribution is 6.19. The number of aromatic nitrogens is 4. The zero-order valence-electron chi connectivity index (χ0n) is 27.1. The summed E-state index contributed by atoms with van der Waals surface area (Å²) in [7, 11) is 0. The largest absolute Gasteiger partial charge is 0.309 e. The lowest BCUT2D eigenvalue weighted by atomic mass is 10.0. The van der Waals surface area contributed by atoms with Crippen LogP contribution < -0.4 is 0 Å². The molecule has 0 amide bonds. The van der Waals surface area contributed by atoms with Crippen molar-refractivity contribution in [1.29, 1.82) is 0 Å². The number of nitrogens with zero attached hydrogens (tertiary/aromatic N) is 4. The second-order valence-corrected chi connectivity index (χ2v) is 12.7. The Bertz CT molecular complexity index is 2830. The normalized spacial score (nSPS) is 11.6. The van der Waals surface area contributed by atoms with Gasteiger partial charge in [-0.05, 0) is 64.2 Å². The summed E-state index contributed by atoms with van der Waals surface area (Å²) in [6.07, 6.45) is 3.86. The van der Waals surface area contributed by atoms with Crippen LogP contribution in [0.5, 0.6) is 0 Å². The van der Waals surface area contributed by atoms with Crippen molar-refractivity contribution in [1.82, 2.24) is 19.1 Å². The summed E-state index contributed by atoms with van der Waals surface area (Å²) in [5.74, 6) is 0.642. The van der Waals surface area contributed by atoms with E-state index in [4.69, 9.17) is 9.97 Å². The molecule has 50 heavy (non-hydrogen) atoms. The fourth-order valence-electron chi connectivity index (χ4n) is 7.45. The van der Waals surface area contributed by atoms with Crippen molar-refractivity contribution in [2.75, 3.05) is 0 Å². The average Bonchev–Trinajstić information content (AvgIpc) is 3.69. The second kappa shape index (κ2) is 11.4. The zero-order chi connectivity index (χ0) is 33.0. The Kier molecular flexibility index (Phi) is 6.46. The highest BCUT2D eigenvalue weighted by atomic mass is 15.2. The minimum atomic E-state index is 0.642. The highest BCUT2D eigenvalue weighted by Crippen LogP contribution is 2.40. The Labute approximate surface area is 289 Å². The number of para-hydroxylation sites is 1. The molecule has 0 radical (unpaired) electrons. The summed E-state index contributed by atoms with van der Waals surface area (Å²) in [6.45, 7) is 0. The Morgan fingerprint density at radius 1 is 0.300 bits per heavy atom. The molecular weight excluding hydrogens is 609 g/mol. The van der Waals surface area contributed by atoms with Gasteiger partial charge < -0.3 is 4.57 Å². The van der Waals surface area contributed by atoms with Gasteiger partial charge in [0.15, 0.2) is 0 Å². The molecule has 3 heterocycles. The van der Waals surface area contributed by atoms with E-state index >= 15 is 0 Å². The number of rotatable bonds is 5. The Morgan fingerprint density at radius 2 is 0.820 bits per heavy atom. The van der Waals surface area contributed by atoms with Gasteiger partial charge in [-0.15, -0.1) is 0 Å². The minimum absolute atomic E-state index is 0.642. The molecule has 234 valence electrons. The van der Waals surface area contributed by atoms with E-state index in [0.29, 0.717) is 5.95 Å². The number of benzene rings is 7. The molecule has 0 atom stereocenters. The van der Waals surface area contributed by atoms with Crippen LogP contribution in [0.1, 0.15) is 0 Å². The summed E-state index contributed by atoms with van der Waals surface area (Å²) in [6, 6.07) is 60.4. The van der Waals surface area contributed by atoms with Gasteiger partial charge in [-0.2, -0.15) is 0 Å². The average molecular weight is 639 g/mol. The Balaban J connectivity index is 1.26. The maximum atomic E-state index is 4.99. The van der Waals surface area contributed by atoms with E-state index in [-0.39, 0.29) is 0 Å². The molecule has 10 aromatic rings. The molecule has 10 rings (SSSR count). The van der Waals surface area contributed by atoms with Crippen molar-refractivity contribution in [3.8, 4) is 45.0 Å². The lowest BCUT2D eigenvalue weighted by Crippen LogP contribution is -2.01. The molecule has 0 fully saturated rings. The van der Waals surface area contributed by atoms with Crippen LogP contribution in [0.15, 0.2) is 182 Å². The third kappa shape index (κ3) is 4.54. The molecule has 0 aliphatic carbocycles. The van der Waals surface area contributed by atoms with Crippen LogP contribution in [0, 0.1) is 0 Å². The first-order valence-electron chi connectivity index (χ1n) is 16.9. The molecule has 0 bridgehead atoms. The quantitative estimate of drug-likeness (QED) is 0.188. The zero-order valence-corrected chi connectivity index (χ0v) is 27.1. The van der Waals surface area contributed by atoms with Crippen LogP contribution in [0.3, 0.4) is 0 Å². The Hall–Kier alpha value is -6.78. The monoisotopic (exact) mass is 638 g/mol. The van der Waals surface area contributed by atoms with Crippen molar-refractivity contribution >= 4 is 43.6 Å². The molecule has 7 aromatic carbocycles. The Morgan fingerprint density at radius 3 is 1.50 bits per heavy atom. The first-order chi connectivity index (χ1) is 24.8. The predicted molar refractivity (Wildman–Crippen MR) is 207 cm³/mol. The molecule has 0 spiro atoms. The van der Waals surface area contributed by atoms with Crippen LogP contribution in [-0.4, -0.2) is 19.1 Å². The molecule has 0 saturated heterocycles. The fourth-order valence-corrected chi connectivity index (χ4v) is 7.45. The van der Waals surface area contributed by atoms with Gasteiger partial charge in [0.2, 0.25) is 5.95 Å². The second-order valence-electron chi connectivity index (χ2n) is 12.7. The smallest absolute Gasteiger partial charge is 0.234 e. The molecule has 4 nitrogen and oxygen atoms in total. The van der Waals surface area contributed by atoms with Gasteiger partial charge in [0.05, 0.1) is 22.1 Å². The maximum absolute atomic E-state index is 4.99. The molecule has 0 N–H and O–H groups in total. The summed E-state index contributed by atoms with van der Waals surface area (Å²) >= 11 is 0. The van der Waals surface area contributed by atoms with Gasteiger partial charge in [-0.3, -0.25) is 4.57 Å². The van der Waals surface area contributed by atoms with Gasteiger partial charge in [0.1, 0.15) is 0 Å². The summed E-state index contributed by atoms with van der Waals surface area (Å²) in [4.78, 5) is 9.99. The van der Waals surface area contributed by atoms with Gasteiger partial charge in [0, 0.05) is 45.2 Å². The van der Waals surface area contributed by atoms with Crippen molar-refractivity contribution in [2.24, 2.45) is 0 Å². The predicted octanol–water partition coefficient (Wildman–Crippen LogP) is 11.7. The van der Waals surface area contributed by atoms with Crippen LogP contribution in [0.25, 0.3) is 88.6 Å². The molecule has 3 aromatic heterocycles. The fraction of sp³-hybridized carbons (Fsp3) is 0. The van der Waals surface area contributed by atoms with Crippen LogP contribution in [0.4, 0.5) is 0 Å². The summed E-state index contributed by atoms with van der Waals surface area (Å²) in [5, 5.41) is 4.77. The van der Waals surface area contributed by atoms with E-state index in [1.807, 2.05) is 30.6 Å². The van der Waals surface area contributed by atoms with Crippen molar-refractivity contribution < 1.29 is 0 Å². The summed E-state index contributed by atoms with van der Waals surface area (Å²) < 4.78 is 4.63. The number of fused-ring (bicyclic) bond motifs is 6. The lowest BCUT2D eigenvalue weighted by Gasteiger charge is -2.11. The lowest BCUT2D eigenvalue weighted by molar-refractivity contribution is 0.990. The van der Waals surface area contributed by atoms with Gasteiger partial charge in [-0.1, -0.05) is 133 Å². The third-order valence-electron chi connectivity index (χ3n) is 9.82. The number of hydrogen-bond donors (Lipinski definition) is 0. The first-order valence-corrected chi connectivity index (χ1v) is 16.9. The minimum Gasteiger partial charge on any atom is -0.309 e. The van der Waals surface area contributed by atoms with Crippen molar-refractivity contribution in [3.63, 3.8) is 0 Å². The topological polar surface area (TPSA) is 35.6 Å². The van der Waals surface area contributed by atoms with Crippen LogP contribution >= 0.6 is 0 Å². The van der Waals surface area contributed by atoms with E-state index < -0.39 is 0 Å². The summed E-state index contributed by atoms with van der Waals surface area (Å²) in [5.41, 5.74) is 12.4. The molecular formula is C46H30N4. The van der Waals surface area contributed by atoms with Gasteiger partial charge in [-0.25, -0.2) is 9.97 Å². The van der Waals surface area contributed by atoms with Crippen LogP contribution in [-0.2, 0) is 0 Å². The maximum Gasteiger partial charge on any atom is 0.234 e.